The SMILES string of the molecule is COCc1cc(C)c(COC)c(F)c1. The Bertz CT molecular complexity index is 287. The van der Waals surface area contributed by atoms with Gasteiger partial charge in [-0.2, -0.15) is 0 Å². The molecule has 0 saturated carbocycles. The first kappa shape index (κ1) is 11.1. The molecule has 0 aromatic heterocycles. The Hall–Kier alpha value is -0.930. The van der Waals surface area contributed by atoms with E-state index in [1.54, 1.807) is 14.2 Å². The minimum atomic E-state index is -0.223. The highest BCUT2D eigenvalue weighted by atomic mass is 19.1. The van der Waals surface area contributed by atoms with Crippen LogP contribution in [0.4, 0.5) is 4.39 Å². The van der Waals surface area contributed by atoms with Crippen LogP contribution in [-0.2, 0) is 22.7 Å². The lowest BCUT2D eigenvalue weighted by molar-refractivity contribution is 0.178. The van der Waals surface area contributed by atoms with Gasteiger partial charge in [-0.05, 0) is 24.1 Å². The average molecular weight is 198 g/mol. The van der Waals surface area contributed by atoms with Crippen molar-refractivity contribution < 1.29 is 13.9 Å². The zero-order valence-electron chi connectivity index (χ0n) is 8.76. The number of rotatable bonds is 4. The first-order chi connectivity index (χ1) is 6.69. The van der Waals surface area contributed by atoms with Crippen molar-refractivity contribution in [3.8, 4) is 0 Å². The number of aryl methyl sites for hydroxylation is 1. The quantitative estimate of drug-likeness (QED) is 0.739. The highest BCUT2D eigenvalue weighted by Crippen LogP contribution is 2.17. The van der Waals surface area contributed by atoms with Gasteiger partial charge < -0.3 is 9.47 Å². The van der Waals surface area contributed by atoms with Crippen LogP contribution in [0.3, 0.4) is 0 Å². The van der Waals surface area contributed by atoms with Gasteiger partial charge in [0.25, 0.3) is 0 Å². The van der Waals surface area contributed by atoms with E-state index in [4.69, 9.17) is 9.47 Å². The third-order valence-electron chi connectivity index (χ3n) is 2.08. The van der Waals surface area contributed by atoms with E-state index >= 15 is 0 Å². The molecular weight excluding hydrogens is 183 g/mol. The molecule has 1 rings (SSSR count). The van der Waals surface area contributed by atoms with Gasteiger partial charge in [0.2, 0.25) is 0 Å². The zero-order valence-corrected chi connectivity index (χ0v) is 8.76. The Balaban J connectivity index is 2.98. The zero-order chi connectivity index (χ0) is 10.6. The van der Waals surface area contributed by atoms with Crippen molar-refractivity contribution in [2.75, 3.05) is 14.2 Å². The lowest BCUT2D eigenvalue weighted by atomic mass is 10.1. The van der Waals surface area contributed by atoms with E-state index < -0.39 is 0 Å². The van der Waals surface area contributed by atoms with Gasteiger partial charge in [-0.15, -0.1) is 0 Å². The summed E-state index contributed by atoms with van der Waals surface area (Å²) in [7, 11) is 3.15. The molecule has 2 nitrogen and oxygen atoms in total. The molecule has 0 atom stereocenters. The maximum absolute atomic E-state index is 13.5. The van der Waals surface area contributed by atoms with Crippen LogP contribution in [0.15, 0.2) is 12.1 Å². The highest BCUT2D eigenvalue weighted by molar-refractivity contribution is 5.31. The Morgan fingerprint density at radius 2 is 1.79 bits per heavy atom. The highest BCUT2D eigenvalue weighted by Gasteiger charge is 2.07. The summed E-state index contributed by atoms with van der Waals surface area (Å²) in [5.74, 6) is -0.223. The molecule has 1 aromatic rings. The van der Waals surface area contributed by atoms with Gasteiger partial charge in [0.1, 0.15) is 5.82 Å². The fraction of sp³-hybridized carbons (Fsp3) is 0.455. The van der Waals surface area contributed by atoms with Crippen LogP contribution in [0.25, 0.3) is 0 Å². The number of hydrogen-bond donors (Lipinski definition) is 0. The van der Waals surface area contributed by atoms with Crippen molar-refractivity contribution in [2.24, 2.45) is 0 Å². The Morgan fingerprint density at radius 1 is 1.14 bits per heavy atom. The summed E-state index contributed by atoms with van der Waals surface area (Å²) in [4.78, 5) is 0. The van der Waals surface area contributed by atoms with Gasteiger partial charge in [-0.3, -0.25) is 0 Å². The van der Waals surface area contributed by atoms with Crippen LogP contribution in [0.1, 0.15) is 16.7 Å². The van der Waals surface area contributed by atoms with Crippen LogP contribution in [0, 0.1) is 12.7 Å². The summed E-state index contributed by atoms with van der Waals surface area (Å²) >= 11 is 0. The summed E-state index contributed by atoms with van der Waals surface area (Å²) in [6.07, 6.45) is 0. The molecule has 3 heteroatoms. The van der Waals surface area contributed by atoms with E-state index in [1.165, 1.54) is 6.07 Å². The largest absolute Gasteiger partial charge is 0.380 e. The lowest BCUT2D eigenvalue weighted by Gasteiger charge is -2.09. The molecule has 14 heavy (non-hydrogen) atoms. The minimum absolute atomic E-state index is 0.223. The van der Waals surface area contributed by atoms with Crippen molar-refractivity contribution in [3.05, 3.63) is 34.6 Å². The van der Waals surface area contributed by atoms with E-state index in [9.17, 15) is 4.39 Å². The molecule has 0 N–H and O–H groups in total. The van der Waals surface area contributed by atoms with Gasteiger partial charge in [0.05, 0.1) is 13.2 Å². The summed E-state index contributed by atoms with van der Waals surface area (Å²) in [6.45, 7) is 2.62. The molecule has 78 valence electrons. The van der Waals surface area contributed by atoms with E-state index in [0.717, 1.165) is 11.1 Å². The Morgan fingerprint density at radius 3 is 2.29 bits per heavy atom. The van der Waals surface area contributed by atoms with E-state index in [2.05, 4.69) is 0 Å². The molecular formula is C11H15FO2. The summed E-state index contributed by atoms with van der Waals surface area (Å²) < 4.78 is 23.3. The Kier molecular flexibility index (Phi) is 4.04. The molecule has 0 spiro atoms. The number of hydrogen-bond acceptors (Lipinski definition) is 2. The third-order valence-corrected chi connectivity index (χ3v) is 2.08. The number of halogens is 1. The first-order valence-electron chi connectivity index (χ1n) is 4.44. The maximum Gasteiger partial charge on any atom is 0.129 e. The summed E-state index contributed by atoms with van der Waals surface area (Å²) in [5, 5.41) is 0. The van der Waals surface area contributed by atoms with Crippen LogP contribution < -0.4 is 0 Å². The molecule has 1 aromatic carbocycles. The minimum Gasteiger partial charge on any atom is -0.380 e. The fourth-order valence-corrected chi connectivity index (χ4v) is 1.42. The molecule has 0 aliphatic heterocycles. The van der Waals surface area contributed by atoms with Crippen molar-refractivity contribution in [1.29, 1.82) is 0 Å². The summed E-state index contributed by atoms with van der Waals surface area (Å²) in [6, 6.07) is 3.41. The number of benzene rings is 1. The van der Waals surface area contributed by atoms with Crippen LogP contribution in [0.2, 0.25) is 0 Å². The molecule has 0 saturated heterocycles. The van der Waals surface area contributed by atoms with Crippen molar-refractivity contribution in [2.45, 2.75) is 20.1 Å². The smallest absolute Gasteiger partial charge is 0.129 e. The molecule has 0 aliphatic rings. The van der Waals surface area contributed by atoms with Crippen LogP contribution in [-0.4, -0.2) is 14.2 Å². The van der Waals surface area contributed by atoms with E-state index in [0.29, 0.717) is 18.8 Å². The second kappa shape index (κ2) is 5.08. The van der Waals surface area contributed by atoms with Crippen molar-refractivity contribution in [1.82, 2.24) is 0 Å². The van der Waals surface area contributed by atoms with Gasteiger partial charge in [-0.25, -0.2) is 4.39 Å². The van der Waals surface area contributed by atoms with Crippen molar-refractivity contribution >= 4 is 0 Å². The molecule has 0 unspecified atom stereocenters. The molecule has 0 heterocycles. The summed E-state index contributed by atoms with van der Waals surface area (Å²) in [5.41, 5.74) is 2.37. The second-order valence-electron chi connectivity index (χ2n) is 3.24. The maximum atomic E-state index is 13.5. The van der Waals surface area contributed by atoms with Gasteiger partial charge >= 0.3 is 0 Å². The number of ether oxygens (including phenoxy) is 2. The molecule has 0 aliphatic carbocycles. The number of methoxy groups -OCH3 is 2. The normalized spacial score (nSPS) is 10.6. The molecule has 0 radical (unpaired) electrons. The van der Waals surface area contributed by atoms with Gasteiger partial charge in [-0.1, -0.05) is 6.07 Å². The Labute approximate surface area is 83.6 Å². The second-order valence-corrected chi connectivity index (χ2v) is 3.24. The predicted molar refractivity (Wildman–Crippen MR) is 52.6 cm³/mol. The third kappa shape index (κ3) is 2.53. The van der Waals surface area contributed by atoms with E-state index in [1.807, 2.05) is 13.0 Å². The molecule has 0 fully saturated rings. The molecule has 0 bridgehead atoms. The predicted octanol–water partition coefficient (Wildman–Crippen LogP) is 2.43. The van der Waals surface area contributed by atoms with Crippen LogP contribution >= 0.6 is 0 Å². The average Bonchev–Trinajstić information content (AvgIpc) is 2.12. The van der Waals surface area contributed by atoms with E-state index in [-0.39, 0.29) is 5.82 Å². The monoisotopic (exact) mass is 198 g/mol. The van der Waals surface area contributed by atoms with Gasteiger partial charge in [0, 0.05) is 19.8 Å². The fourth-order valence-electron chi connectivity index (χ4n) is 1.42. The molecule has 0 amide bonds. The lowest BCUT2D eigenvalue weighted by Crippen LogP contribution is -1.99. The van der Waals surface area contributed by atoms with Crippen LogP contribution in [0.5, 0.6) is 0 Å². The van der Waals surface area contributed by atoms with Gasteiger partial charge in [0.15, 0.2) is 0 Å². The van der Waals surface area contributed by atoms with Crippen molar-refractivity contribution in [3.63, 3.8) is 0 Å². The first-order valence-corrected chi connectivity index (χ1v) is 4.44. The standard InChI is InChI=1S/C11H15FO2/c1-8-4-9(6-13-2)5-11(12)10(8)7-14-3/h4-5H,6-7H2,1-3H3. The topological polar surface area (TPSA) is 18.5 Å².